The van der Waals surface area contributed by atoms with Gasteiger partial charge in [0.05, 0.1) is 25.2 Å². The number of aryl methyl sites for hydroxylation is 1. The molecule has 0 unspecified atom stereocenters. The van der Waals surface area contributed by atoms with Crippen LogP contribution in [0.2, 0.25) is 0 Å². The number of allylic oxidation sites excluding steroid dienone is 2. The minimum absolute atomic E-state index is 0.0284. The number of aromatic nitrogens is 1. The molecule has 5 aliphatic rings. The fraction of sp³-hybridized carbons (Fsp3) is 0.444. The summed E-state index contributed by atoms with van der Waals surface area (Å²) >= 11 is 0. The van der Waals surface area contributed by atoms with Crippen LogP contribution in [0.15, 0.2) is 133 Å². The number of dihydropyridines is 1. The number of anilines is 1. The number of phenols is 2. The number of phenolic OH excluding ortho intramolecular Hbond substituents is 2. The van der Waals surface area contributed by atoms with Gasteiger partial charge >= 0.3 is 0 Å². The van der Waals surface area contributed by atoms with Crippen molar-refractivity contribution in [2.45, 2.75) is 146 Å². The molecule has 10 atom stereocenters. The summed E-state index contributed by atoms with van der Waals surface area (Å²) < 4.78 is 5.57. The minimum atomic E-state index is -1.85. The second-order valence-corrected chi connectivity index (χ2v) is 25.1. The Bertz CT molecular complexity index is 3440. The zero-order valence-corrected chi connectivity index (χ0v) is 49.0. The highest BCUT2D eigenvalue weighted by molar-refractivity contribution is 6.06. The molecule has 3 heterocycles. The largest absolute Gasteiger partial charge is 0.507 e. The first-order chi connectivity index (χ1) is 40.8. The highest BCUT2D eigenvalue weighted by atomic mass is 16.5. The molecule has 1 aromatic heterocycles. The van der Waals surface area contributed by atoms with Crippen LogP contribution in [-0.2, 0) is 34.3 Å². The van der Waals surface area contributed by atoms with E-state index in [1.54, 1.807) is 12.1 Å². The zero-order valence-electron chi connectivity index (χ0n) is 49.0. The van der Waals surface area contributed by atoms with Gasteiger partial charge in [0.15, 0.2) is 29.2 Å². The molecular formula is C72H84N4O8. The van der Waals surface area contributed by atoms with E-state index in [1.807, 2.05) is 66.7 Å². The van der Waals surface area contributed by atoms with Gasteiger partial charge in [0.25, 0.3) is 0 Å². The summed E-state index contributed by atoms with van der Waals surface area (Å²) in [6.07, 6.45) is 12.5. The van der Waals surface area contributed by atoms with E-state index in [1.165, 1.54) is 7.11 Å². The number of nitrogens with one attached hydrogen (secondary N) is 4. The van der Waals surface area contributed by atoms with Gasteiger partial charge in [-0.3, -0.25) is 9.59 Å². The van der Waals surface area contributed by atoms with E-state index < -0.39 is 53.0 Å². The quantitative estimate of drug-likeness (QED) is 0.0569. The maximum atomic E-state index is 15.4. The molecule has 0 radical (unpaired) electrons. The second-order valence-electron chi connectivity index (χ2n) is 25.1. The summed E-state index contributed by atoms with van der Waals surface area (Å²) in [5.41, 5.74) is 8.78. The maximum Gasteiger partial charge on any atom is 0.173 e. The number of aromatic amines is 1. The summed E-state index contributed by atoms with van der Waals surface area (Å²) in [6, 6.07) is 34.1. The molecule has 9 N–H and O–H groups in total. The van der Waals surface area contributed by atoms with Crippen LogP contribution in [0.1, 0.15) is 147 Å². The first-order valence-electron chi connectivity index (χ1n) is 31.0. The molecule has 6 aromatic rings. The van der Waals surface area contributed by atoms with E-state index in [-0.39, 0.29) is 60.2 Å². The number of rotatable bonds is 6. The number of ether oxygens (including phenoxy) is 1. The van der Waals surface area contributed by atoms with Crippen molar-refractivity contribution in [3.8, 4) is 29.1 Å². The Morgan fingerprint density at radius 2 is 1.58 bits per heavy atom. The summed E-state index contributed by atoms with van der Waals surface area (Å²) in [6.45, 7) is 5.85. The molecule has 0 saturated heterocycles. The summed E-state index contributed by atoms with van der Waals surface area (Å²) in [5.74, 6) is 5.29. The van der Waals surface area contributed by atoms with Crippen molar-refractivity contribution in [3.63, 3.8) is 0 Å². The highest BCUT2D eigenvalue weighted by Crippen LogP contribution is 2.51. The predicted molar refractivity (Wildman–Crippen MR) is 331 cm³/mol. The number of hydrogen-bond acceptors (Lipinski definition) is 11. The first-order valence-corrected chi connectivity index (χ1v) is 31.0. The number of ketones is 2. The van der Waals surface area contributed by atoms with Crippen molar-refractivity contribution in [1.82, 2.24) is 15.6 Å². The van der Waals surface area contributed by atoms with E-state index in [0.29, 0.717) is 62.7 Å². The number of methoxy groups -OCH3 is 1. The molecule has 9 bridgehead atoms. The van der Waals surface area contributed by atoms with Gasteiger partial charge in [0.1, 0.15) is 11.6 Å². The number of carbonyl (C=O) groups excluding carboxylic acids is 2. The van der Waals surface area contributed by atoms with Crippen molar-refractivity contribution < 1.29 is 39.9 Å². The molecule has 0 amide bonds. The normalized spacial score (nSPS) is 26.9. The molecule has 12 heteroatoms. The lowest BCUT2D eigenvalue weighted by Crippen LogP contribution is -2.48. The Kier molecular flexibility index (Phi) is 18.1. The number of benzene rings is 5. The molecule has 11 rings (SSSR count). The summed E-state index contributed by atoms with van der Waals surface area (Å²) in [4.78, 5) is 33.5. The van der Waals surface area contributed by atoms with E-state index in [2.05, 4.69) is 89.2 Å². The van der Waals surface area contributed by atoms with Crippen molar-refractivity contribution in [2.75, 3.05) is 32.1 Å². The van der Waals surface area contributed by atoms with Crippen molar-refractivity contribution >= 4 is 28.0 Å². The molecule has 2 fully saturated rings. The molecule has 2 saturated carbocycles. The smallest absolute Gasteiger partial charge is 0.173 e. The Morgan fingerprint density at radius 1 is 0.798 bits per heavy atom. The first kappa shape index (κ1) is 58.6. The molecule has 1 spiro atoms. The molecule has 5 aromatic carbocycles. The average Bonchev–Trinajstić information content (AvgIpc) is 2.22. The second kappa shape index (κ2) is 26.0. The third-order valence-electron chi connectivity index (χ3n) is 19.5. The Labute approximate surface area is 495 Å². The number of aliphatic hydroxyl groups is 3. The summed E-state index contributed by atoms with van der Waals surface area (Å²) in [5, 5.41) is 73.0. The van der Waals surface area contributed by atoms with Crippen LogP contribution in [0.5, 0.6) is 17.2 Å². The van der Waals surface area contributed by atoms with E-state index in [9.17, 15) is 30.3 Å². The van der Waals surface area contributed by atoms with Crippen LogP contribution >= 0.6 is 0 Å². The third kappa shape index (κ3) is 12.6. The van der Waals surface area contributed by atoms with Crippen LogP contribution in [-0.4, -0.2) is 87.1 Å². The van der Waals surface area contributed by atoms with Crippen molar-refractivity contribution in [2.24, 2.45) is 29.6 Å². The maximum absolute atomic E-state index is 15.4. The zero-order chi connectivity index (χ0) is 58.5. The van der Waals surface area contributed by atoms with E-state index in [4.69, 9.17) is 4.74 Å². The van der Waals surface area contributed by atoms with Gasteiger partial charge in [-0.05, 0) is 168 Å². The lowest BCUT2D eigenvalue weighted by Gasteiger charge is -2.46. The lowest BCUT2D eigenvalue weighted by molar-refractivity contribution is -0.142. The number of Topliss-reactive ketones (excluding diaryl/α,β-unsaturated/α-hetero) is 2. The van der Waals surface area contributed by atoms with Gasteiger partial charge in [-0.15, -0.1) is 0 Å². The Morgan fingerprint density at radius 3 is 2.36 bits per heavy atom. The van der Waals surface area contributed by atoms with Crippen LogP contribution in [0.4, 0.5) is 5.69 Å². The topological polar surface area (TPSA) is 196 Å². The van der Waals surface area contributed by atoms with Gasteiger partial charge in [0.2, 0.25) is 0 Å². The Balaban J connectivity index is 1.05. The summed E-state index contributed by atoms with van der Waals surface area (Å²) in [7, 11) is 1.49. The predicted octanol–water partition coefficient (Wildman–Crippen LogP) is 11.6. The van der Waals surface area contributed by atoms with Crippen molar-refractivity contribution in [1.29, 1.82) is 0 Å². The fourth-order valence-corrected chi connectivity index (χ4v) is 15.0. The van der Waals surface area contributed by atoms with Gasteiger partial charge < -0.3 is 51.2 Å². The SMILES string of the molecule is CCC[C@H]1[C@H]2C[C@H](CC3=CCNC(=C3)Nc3cc4c(O)c(ccc4cc3Cc3ccccc3)C[C@H](O)CNC[C@@H](C)c3c[nH]c(c3)C3(CCCCC3)[C@@H]1O)C[C@@H]1C#C[C@H](c3ccccc3)c3cc(O)c(OC)cc3CCC(=O)[C@H](O)C(=O)[C@H]1C2. The standard InChI is InChI=1S/C72H84N4O8/c1-4-14-58-53-32-47(31-49-21-23-57(48-17-10-6-11-18-48)59-40-64(79)65(84-3)37-51(59)22-24-63(78)70(82)69(81)60(49)36-53)29-46-25-28-74-67(33-46)76-62-39-61-50(34-54(62)30-45-15-8-5-9-16-45)19-20-52(68(61)80)35-56(77)43-73-41-44(2)55-38-66(75-42-55)72(71(58)83)26-12-7-13-27-72/h5-6,8-11,15-20,25,33-34,37-40,42,44,47,49,53,56-58,60,70-71,73-77,79-80,82-83H,4,7,12-14,22,24,26-32,35-36,41,43H2,1-3H3/t44-,47-,49+,53+,56+,57-,58+,60+,70+,71-/m1/s1. The molecular weight excluding hydrogens is 1050 g/mol. The van der Waals surface area contributed by atoms with Gasteiger partial charge in [-0.25, -0.2) is 0 Å². The van der Waals surface area contributed by atoms with Crippen LogP contribution in [0.3, 0.4) is 0 Å². The molecule has 3 aliphatic carbocycles. The van der Waals surface area contributed by atoms with Crippen LogP contribution < -0.4 is 20.7 Å². The average molecular weight is 1130 g/mol. The van der Waals surface area contributed by atoms with Crippen molar-refractivity contribution in [3.05, 3.63) is 178 Å². The van der Waals surface area contributed by atoms with Crippen LogP contribution in [0, 0.1) is 41.4 Å². The third-order valence-corrected chi connectivity index (χ3v) is 19.5. The Hall–Kier alpha value is -7.14. The molecule has 440 valence electrons. The highest BCUT2D eigenvalue weighted by Gasteiger charge is 2.50. The number of aliphatic hydroxyl groups excluding tert-OH is 3. The molecule has 2 aliphatic heterocycles. The van der Waals surface area contributed by atoms with Gasteiger partial charge in [0, 0.05) is 72.7 Å². The van der Waals surface area contributed by atoms with Gasteiger partial charge in [-0.2, -0.15) is 0 Å². The number of β-amino-alcohol motifs (C(OH)–C–C–N with tert-alkyl or cyclic N) is 1. The van der Waals surface area contributed by atoms with Gasteiger partial charge in [-0.1, -0.05) is 130 Å². The number of fused-ring (bicyclic) bond motifs is 10. The fourth-order valence-electron chi connectivity index (χ4n) is 15.0. The monoisotopic (exact) mass is 1130 g/mol. The molecule has 12 nitrogen and oxygen atoms in total. The lowest BCUT2D eigenvalue weighted by atomic mass is 9.61. The minimum Gasteiger partial charge on any atom is -0.507 e. The van der Waals surface area contributed by atoms with E-state index >= 15 is 4.79 Å². The molecule has 84 heavy (non-hydrogen) atoms. The number of H-pyrrole nitrogens is 1. The number of aromatic hydroxyl groups is 2. The van der Waals surface area contributed by atoms with E-state index in [0.717, 1.165) is 106 Å². The number of carbonyl (C=O) groups is 2. The van der Waals surface area contributed by atoms with Crippen LogP contribution in [0.25, 0.3) is 10.8 Å². The number of hydrogen-bond donors (Lipinski definition) is 9.